The second kappa shape index (κ2) is 14.8. The predicted molar refractivity (Wildman–Crippen MR) is 271 cm³/mol. The molecule has 0 fully saturated rings. The summed E-state index contributed by atoms with van der Waals surface area (Å²) in [6.07, 6.45) is 0. The smallest absolute Gasteiger partial charge is 0.0546 e. The average Bonchev–Trinajstić information content (AvgIpc) is 3.84. The van der Waals surface area contributed by atoms with E-state index in [0.29, 0.717) is 0 Å². The molecule has 0 amide bonds. The highest BCUT2D eigenvalue weighted by Crippen LogP contribution is 2.53. The quantitative estimate of drug-likeness (QED) is 0.155. The van der Waals surface area contributed by atoms with Gasteiger partial charge in [-0.25, -0.2) is 0 Å². The van der Waals surface area contributed by atoms with Gasteiger partial charge in [0.25, 0.3) is 0 Å². The van der Waals surface area contributed by atoms with Gasteiger partial charge in [-0.15, -0.1) is 11.3 Å². The number of thiophene rings is 1. The highest BCUT2D eigenvalue weighted by atomic mass is 32.1. The molecule has 2 heteroatoms. The molecule has 0 radical (unpaired) electrons. The molecule has 0 bridgehead atoms. The summed E-state index contributed by atoms with van der Waals surface area (Å²) >= 11 is 1.88. The Bertz CT molecular complexity index is 3530. The van der Waals surface area contributed by atoms with Crippen molar-refractivity contribution in [3.8, 4) is 55.6 Å². The molecule has 10 aromatic carbocycles. The number of rotatable bonds is 7. The Morgan fingerprint density at radius 3 is 1.83 bits per heavy atom. The average molecular weight is 822 g/mol. The molecule has 1 nitrogen and oxygen atoms in total. The van der Waals surface area contributed by atoms with Gasteiger partial charge in [0.05, 0.1) is 11.4 Å². The maximum Gasteiger partial charge on any atom is 0.0546 e. The van der Waals surface area contributed by atoms with Crippen LogP contribution in [-0.2, 0) is 5.41 Å². The van der Waals surface area contributed by atoms with Gasteiger partial charge in [-0.3, -0.25) is 0 Å². The Labute approximate surface area is 372 Å². The Morgan fingerprint density at radius 1 is 0.365 bits per heavy atom. The second-order valence-electron chi connectivity index (χ2n) is 17.2. The zero-order valence-electron chi connectivity index (χ0n) is 35.2. The van der Waals surface area contributed by atoms with Gasteiger partial charge >= 0.3 is 0 Å². The zero-order valence-corrected chi connectivity index (χ0v) is 36.0. The molecule has 1 aliphatic rings. The van der Waals surface area contributed by atoms with E-state index >= 15 is 0 Å². The van der Waals surface area contributed by atoms with Crippen LogP contribution in [0.3, 0.4) is 0 Å². The van der Waals surface area contributed by atoms with Crippen molar-refractivity contribution >= 4 is 59.3 Å². The van der Waals surface area contributed by atoms with Crippen LogP contribution in [0.5, 0.6) is 0 Å². The largest absolute Gasteiger partial charge is 0.309 e. The van der Waals surface area contributed by atoms with E-state index in [2.05, 4.69) is 243 Å². The fourth-order valence-electron chi connectivity index (χ4n) is 10.4. The number of hydrogen-bond acceptors (Lipinski definition) is 2. The van der Waals surface area contributed by atoms with E-state index in [4.69, 9.17) is 0 Å². The molecule has 0 aliphatic heterocycles. The van der Waals surface area contributed by atoms with Crippen LogP contribution in [0.15, 0.2) is 224 Å². The minimum Gasteiger partial charge on any atom is -0.309 e. The monoisotopic (exact) mass is 821 g/mol. The van der Waals surface area contributed by atoms with Gasteiger partial charge in [0.15, 0.2) is 0 Å². The van der Waals surface area contributed by atoms with Crippen molar-refractivity contribution in [1.82, 2.24) is 0 Å². The highest BCUT2D eigenvalue weighted by Gasteiger charge is 2.37. The molecule has 0 spiro atoms. The lowest BCUT2D eigenvalue weighted by Crippen LogP contribution is -2.16. The Balaban J connectivity index is 1.10. The molecule has 11 aromatic rings. The lowest BCUT2D eigenvalue weighted by Gasteiger charge is -2.31. The summed E-state index contributed by atoms with van der Waals surface area (Å²) in [7, 11) is 0. The Morgan fingerprint density at radius 2 is 0.952 bits per heavy atom. The molecule has 1 aromatic heterocycles. The summed E-state index contributed by atoms with van der Waals surface area (Å²) in [5.74, 6) is 0. The van der Waals surface area contributed by atoms with E-state index in [1.54, 1.807) is 0 Å². The van der Waals surface area contributed by atoms with Gasteiger partial charge in [0.2, 0.25) is 0 Å². The van der Waals surface area contributed by atoms with Crippen molar-refractivity contribution in [3.05, 3.63) is 236 Å². The van der Waals surface area contributed by atoms with Gasteiger partial charge in [-0.2, -0.15) is 0 Å². The maximum absolute atomic E-state index is 2.51. The molecule has 1 aliphatic carbocycles. The molecule has 0 N–H and O–H groups in total. The van der Waals surface area contributed by atoms with Gasteiger partial charge < -0.3 is 4.90 Å². The third-order valence-corrected chi connectivity index (χ3v) is 14.5. The van der Waals surface area contributed by atoms with Crippen molar-refractivity contribution in [3.63, 3.8) is 0 Å². The molecule has 12 rings (SSSR count). The van der Waals surface area contributed by atoms with E-state index in [1.807, 2.05) is 11.3 Å². The first-order valence-corrected chi connectivity index (χ1v) is 22.7. The van der Waals surface area contributed by atoms with Crippen molar-refractivity contribution in [1.29, 1.82) is 0 Å². The number of benzene rings is 10. The SMILES string of the molecule is CC1(C)c2ccccc2-c2cccc(-c3ccc(N(c4cc(-c5cccc6ccccc56)ccc4-c4ccccc4)c4ccccc4-c4cccc5c4sc4ccccc45)cc3)c21. The van der Waals surface area contributed by atoms with Gasteiger partial charge in [-0.05, 0) is 91.2 Å². The lowest BCUT2D eigenvalue weighted by molar-refractivity contribution is 0.662. The van der Waals surface area contributed by atoms with E-state index in [-0.39, 0.29) is 5.41 Å². The number of para-hydroxylation sites is 1. The third-order valence-electron chi connectivity index (χ3n) is 13.3. The van der Waals surface area contributed by atoms with E-state index < -0.39 is 0 Å². The van der Waals surface area contributed by atoms with Crippen molar-refractivity contribution in [2.24, 2.45) is 0 Å². The zero-order chi connectivity index (χ0) is 42.1. The summed E-state index contributed by atoms with van der Waals surface area (Å²) in [5.41, 5.74) is 18.3. The molecule has 0 atom stereocenters. The molecule has 0 saturated heterocycles. The highest BCUT2D eigenvalue weighted by molar-refractivity contribution is 7.26. The van der Waals surface area contributed by atoms with E-state index in [0.717, 1.165) is 17.1 Å². The molecule has 0 unspecified atom stereocenters. The fourth-order valence-corrected chi connectivity index (χ4v) is 11.6. The van der Waals surface area contributed by atoms with Crippen molar-refractivity contribution in [2.75, 3.05) is 4.90 Å². The van der Waals surface area contributed by atoms with Crippen LogP contribution in [0.1, 0.15) is 25.0 Å². The molecule has 298 valence electrons. The first-order valence-electron chi connectivity index (χ1n) is 21.8. The van der Waals surface area contributed by atoms with E-state index in [9.17, 15) is 0 Å². The first-order chi connectivity index (χ1) is 31.0. The van der Waals surface area contributed by atoms with Crippen LogP contribution in [0.2, 0.25) is 0 Å². The topological polar surface area (TPSA) is 3.24 Å². The Hall–Kier alpha value is -7.52. The molecular weight excluding hydrogens is 779 g/mol. The van der Waals surface area contributed by atoms with Crippen LogP contribution in [-0.4, -0.2) is 0 Å². The summed E-state index contributed by atoms with van der Waals surface area (Å²) in [4.78, 5) is 2.51. The van der Waals surface area contributed by atoms with Crippen molar-refractivity contribution < 1.29 is 0 Å². The van der Waals surface area contributed by atoms with Gasteiger partial charge in [0, 0.05) is 48.0 Å². The predicted octanol–water partition coefficient (Wildman–Crippen LogP) is 17.7. The standard InChI is InChI=1S/C61H43NS/c1-61(2)55-30-11-8-22-49(55)52-27-15-26-48(59(52)61)42-33-36-44(37-34-42)62(56-31-12-9-23-50(56)53-28-16-29-54-51-24-10-13-32-58(51)63-60(53)54)57-39-43(35-38-47(57)41-17-4-3-5-18-41)46-25-14-20-40-19-6-7-21-45(40)46/h3-39H,1-2H3. The van der Waals surface area contributed by atoms with Crippen molar-refractivity contribution in [2.45, 2.75) is 19.3 Å². The molecule has 1 heterocycles. The summed E-state index contributed by atoms with van der Waals surface area (Å²) in [5, 5.41) is 5.07. The first kappa shape index (κ1) is 37.3. The van der Waals surface area contributed by atoms with E-state index in [1.165, 1.54) is 97.7 Å². The van der Waals surface area contributed by atoms with Crippen LogP contribution >= 0.6 is 11.3 Å². The molecule has 0 saturated carbocycles. The maximum atomic E-state index is 2.51. The second-order valence-corrected chi connectivity index (χ2v) is 18.3. The minimum atomic E-state index is -0.119. The number of hydrogen-bond donors (Lipinski definition) is 0. The van der Waals surface area contributed by atoms with Gasteiger partial charge in [-0.1, -0.05) is 208 Å². The van der Waals surface area contributed by atoms with Crippen LogP contribution < -0.4 is 4.90 Å². The minimum absolute atomic E-state index is 0.119. The third kappa shape index (κ3) is 6.05. The normalized spacial score (nSPS) is 12.7. The molecular formula is C61H43NS. The van der Waals surface area contributed by atoms with Crippen LogP contribution in [0.25, 0.3) is 86.6 Å². The molecule has 63 heavy (non-hydrogen) atoms. The summed E-state index contributed by atoms with van der Waals surface area (Å²) in [6.45, 7) is 4.75. The Kier molecular flexibility index (Phi) is 8.77. The number of nitrogens with zero attached hydrogens (tertiary/aromatic N) is 1. The lowest BCUT2D eigenvalue weighted by atomic mass is 9.79. The van der Waals surface area contributed by atoms with Crippen LogP contribution in [0, 0.1) is 0 Å². The number of anilines is 3. The number of fused-ring (bicyclic) bond motifs is 7. The van der Waals surface area contributed by atoms with Crippen LogP contribution in [0.4, 0.5) is 17.1 Å². The fraction of sp³-hybridized carbons (Fsp3) is 0.0492. The summed E-state index contributed by atoms with van der Waals surface area (Å²) in [6, 6.07) is 82.9. The summed E-state index contributed by atoms with van der Waals surface area (Å²) < 4.78 is 2.61. The van der Waals surface area contributed by atoms with Gasteiger partial charge in [0.1, 0.15) is 0 Å².